The van der Waals surface area contributed by atoms with Gasteiger partial charge < -0.3 is 5.32 Å². The highest BCUT2D eigenvalue weighted by atomic mass is 32.1. The van der Waals surface area contributed by atoms with Crippen molar-refractivity contribution in [1.29, 1.82) is 0 Å². The zero-order valence-electron chi connectivity index (χ0n) is 11.2. The zero-order chi connectivity index (χ0) is 12.1. The van der Waals surface area contributed by atoms with Crippen LogP contribution in [0.25, 0.3) is 0 Å². The van der Waals surface area contributed by atoms with Crippen LogP contribution >= 0.6 is 11.3 Å². The van der Waals surface area contributed by atoms with Crippen LogP contribution in [0.15, 0.2) is 10.8 Å². The molecule has 1 fully saturated rings. The van der Waals surface area contributed by atoms with Crippen molar-refractivity contribution in [2.75, 3.05) is 0 Å². The first-order valence-electron chi connectivity index (χ1n) is 7.04. The molecule has 0 aliphatic heterocycles. The molecule has 1 aliphatic rings. The molecule has 2 rings (SSSR count). The Labute approximate surface area is 110 Å². The van der Waals surface area contributed by atoms with Crippen LogP contribution in [0, 0.1) is 12.8 Å². The summed E-state index contributed by atoms with van der Waals surface area (Å²) in [6.45, 7) is 5.59. The fourth-order valence-electron chi connectivity index (χ4n) is 2.89. The van der Waals surface area contributed by atoms with E-state index in [1.165, 1.54) is 49.7 Å². The second-order valence-electron chi connectivity index (χ2n) is 5.47. The van der Waals surface area contributed by atoms with Crippen LogP contribution in [0.2, 0.25) is 0 Å². The Morgan fingerprint density at radius 1 is 1.24 bits per heavy atom. The van der Waals surface area contributed by atoms with Gasteiger partial charge in [0.1, 0.15) is 0 Å². The Bertz CT molecular complexity index is 323. The average molecular weight is 251 g/mol. The van der Waals surface area contributed by atoms with E-state index in [-0.39, 0.29) is 0 Å². The lowest BCUT2D eigenvalue weighted by Gasteiger charge is -2.29. The van der Waals surface area contributed by atoms with Gasteiger partial charge in [-0.15, -0.1) is 0 Å². The van der Waals surface area contributed by atoms with Gasteiger partial charge in [-0.25, -0.2) is 0 Å². The molecule has 1 aliphatic carbocycles. The molecule has 0 spiro atoms. The molecule has 1 nitrogen and oxygen atoms in total. The van der Waals surface area contributed by atoms with Gasteiger partial charge in [0.2, 0.25) is 0 Å². The van der Waals surface area contributed by atoms with Gasteiger partial charge in [-0.3, -0.25) is 0 Å². The van der Waals surface area contributed by atoms with Gasteiger partial charge in [0, 0.05) is 12.6 Å². The fourth-order valence-corrected chi connectivity index (χ4v) is 3.74. The van der Waals surface area contributed by atoms with Gasteiger partial charge in [0.05, 0.1) is 0 Å². The first kappa shape index (κ1) is 13.1. The van der Waals surface area contributed by atoms with E-state index < -0.39 is 0 Å². The molecule has 0 saturated heterocycles. The Balaban J connectivity index is 1.70. The standard InChI is InChI=1S/C15H25NS/c1-3-4-13-5-7-15(8-6-13)16-9-14-11-17-10-12(14)2/h10-11,13,15-16H,3-9H2,1-2H3. The summed E-state index contributed by atoms with van der Waals surface area (Å²) >= 11 is 1.82. The predicted molar refractivity (Wildman–Crippen MR) is 76.5 cm³/mol. The highest BCUT2D eigenvalue weighted by molar-refractivity contribution is 7.08. The molecule has 0 bridgehead atoms. The van der Waals surface area contributed by atoms with Crippen molar-refractivity contribution in [3.63, 3.8) is 0 Å². The second kappa shape index (κ2) is 6.55. The number of nitrogens with one attached hydrogen (secondary N) is 1. The number of hydrogen-bond acceptors (Lipinski definition) is 2. The molecule has 2 heteroatoms. The van der Waals surface area contributed by atoms with E-state index >= 15 is 0 Å². The lowest BCUT2D eigenvalue weighted by molar-refractivity contribution is 0.277. The van der Waals surface area contributed by atoms with Crippen LogP contribution in [-0.2, 0) is 6.54 Å². The molecule has 0 atom stereocenters. The Hall–Kier alpha value is -0.340. The molecular weight excluding hydrogens is 226 g/mol. The third-order valence-electron chi connectivity index (χ3n) is 4.09. The van der Waals surface area contributed by atoms with Gasteiger partial charge >= 0.3 is 0 Å². The fraction of sp³-hybridized carbons (Fsp3) is 0.733. The molecule has 96 valence electrons. The summed E-state index contributed by atoms with van der Waals surface area (Å²) < 4.78 is 0. The number of hydrogen-bond donors (Lipinski definition) is 1. The van der Waals surface area contributed by atoms with Crippen LogP contribution in [-0.4, -0.2) is 6.04 Å². The Morgan fingerprint density at radius 3 is 2.59 bits per heavy atom. The van der Waals surface area contributed by atoms with Gasteiger partial charge in [0.25, 0.3) is 0 Å². The van der Waals surface area contributed by atoms with Crippen molar-refractivity contribution in [1.82, 2.24) is 5.32 Å². The molecule has 1 N–H and O–H groups in total. The monoisotopic (exact) mass is 251 g/mol. The van der Waals surface area contributed by atoms with Crippen molar-refractivity contribution in [3.8, 4) is 0 Å². The van der Waals surface area contributed by atoms with Gasteiger partial charge in [-0.2, -0.15) is 11.3 Å². The largest absolute Gasteiger partial charge is 0.310 e. The van der Waals surface area contributed by atoms with Gasteiger partial charge in [-0.05, 0) is 60.4 Å². The van der Waals surface area contributed by atoms with E-state index in [4.69, 9.17) is 0 Å². The Morgan fingerprint density at radius 2 is 2.00 bits per heavy atom. The smallest absolute Gasteiger partial charge is 0.0218 e. The Kier molecular flexibility index (Phi) is 5.05. The summed E-state index contributed by atoms with van der Waals surface area (Å²) in [5.74, 6) is 1.01. The lowest BCUT2D eigenvalue weighted by atomic mass is 9.83. The second-order valence-corrected chi connectivity index (χ2v) is 6.21. The van der Waals surface area contributed by atoms with E-state index in [1.54, 1.807) is 0 Å². The SMILES string of the molecule is CCCC1CCC(NCc2cscc2C)CC1. The number of thiophene rings is 1. The first-order valence-corrected chi connectivity index (χ1v) is 7.99. The topological polar surface area (TPSA) is 12.0 Å². The van der Waals surface area contributed by atoms with Gasteiger partial charge in [0.15, 0.2) is 0 Å². The molecule has 0 amide bonds. The minimum Gasteiger partial charge on any atom is -0.310 e. The van der Waals surface area contributed by atoms with Crippen LogP contribution in [0.5, 0.6) is 0 Å². The number of aryl methyl sites for hydroxylation is 1. The van der Waals surface area contributed by atoms with E-state index in [2.05, 4.69) is 29.9 Å². The third kappa shape index (κ3) is 3.82. The molecule has 0 radical (unpaired) electrons. The molecular formula is C15H25NS. The van der Waals surface area contributed by atoms with E-state index in [0.29, 0.717) is 0 Å². The minimum atomic E-state index is 0.766. The predicted octanol–water partition coefficient (Wildman–Crippen LogP) is 4.51. The molecule has 1 aromatic heterocycles. The lowest BCUT2D eigenvalue weighted by Crippen LogP contribution is -2.32. The molecule has 0 aromatic carbocycles. The van der Waals surface area contributed by atoms with E-state index in [9.17, 15) is 0 Å². The maximum Gasteiger partial charge on any atom is 0.0218 e. The molecule has 17 heavy (non-hydrogen) atoms. The summed E-state index contributed by atoms with van der Waals surface area (Å²) in [6.07, 6.45) is 8.44. The molecule has 1 saturated carbocycles. The number of rotatable bonds is 5. The van der Waals surface area contributed by atoms with E-state index in [1.807, 2.05) is 11.3 Å². The van der Waals surface area contributed by atoms with Crippen molar-refractivity contribution in [3.05, 3.63) is 21.9 Å². The zero-order valence-corrected chi connectivity index (χ0v) is 12.0. The van der Waals surface area contributed by atoms with E-state index in [0.717, 1.165) is 18.5 Å². The summed E-state index contributed by atoms with van der Waals surface area (Å²) in [4.78, 5) is 0. The van der Waals surface area contributed by atoms with Crippen molar-refractivity contribution < 1.29 is 0 Å². The normalized spacial score (nSPS) is 25.1. The molecule has 0 unspecified atom stereocenters. The van der Waals surface area contributed by atoms with Crippen LogP contribution in [0.1, 0.15) is 56.6 Å². The average Bonchev–Trinajstić information content (AvgIpc) is 2.75. The summed E-state index contributed by atoms with van der Waals surface area (Å²) in [5.41, 5.74) is 2.94. The van der Waals surface area contributed by atoms with Gasteiger partial charge in [-0.1, -0.05) is 19.8 Å². The van der Waals surface area contributed by atoms with Crippen LogP contribution < -0.4 is 5.32 Å². The maximum atomic E-state index is 3.73. The van der Waals surface area contributed by atoms with Crippen molar-refractivity contribution in [2.24, 2.45) is 5.92 Å². The summed E-state index contributed by atoms with van der Waals surface area (Å²) in [7, 11) is 0. The highest BCUT2D eigenvalue weighted by Gasteiger charge is 2.20. The third-order valence-corrected chi connectivity index (χ3v) is 5.00. The first-order chi connectivity index (χ1) is 8.29. The van der Waals surface area contributed by atoms with Crippen molar-refractivity contribution in [2.45, 2.75) is 65.0 Å². The minimum absolute atomic E-state index is 0.766. The summed E-state index contributed by atoms with van der Waals surface area (Å²) in [5, 5.41) is 8.26. The highest BCUT2D eigenvalue weighted by Crippen LogP contribution is 2.28. The summed E-state index contributed by atoms with van der Waals surface area (Å²) in [6, 6.07) is 0.766. The molecule has 1 heterocycles. The maximum absolute atomic E-state index is 3.73. The molecule has 1 aromatic rings. The van der Waals surface area contributed by atoms with Crippen LogP contribution in [0.4, 0.5) is 0 Å². The quantitative estimate of drug-likeness (QED) is 0.812. The van der Waals surface area contributed by atoms with Crippen molar-refractivity contribution >= 4 is 11.3 Å². The van der Waals surface area contributed by atoms with Crippen LogP contribution in [0.3, 0.4) is 0 Å².